The zero-order chi connectivity index (χ0) is 12.3. The van der Waals surface area contributed by atoms with Gasteiger partial charge in [0.25, 0.3) is 0 Å². The first-order valence-corrected chi connectivity index (χ1v) is 6.23. The molecule has 1 N–H and O–H groups in total. The van der Waals surface area contributed by atoms with Crippen molar-refractivity contribution in [2.24, 2.45) is 0 Å². The summed E-state index contributed by atoms with van der Waals surface area (Å²) in [6, 6.07) is 0.231. The van der Waals surface area contributed by atoms with E-state index in [1.54, 1.807) is 0 Å². The Balaban J connectivity index is 1.81. The number of hydrogen-bond donors (Lipinski definition) is 1. The van der Waals surface area contributed by atoms with Crippen molar-refractivity contribution in [2.45, 2.75) is 19.4 Å². The van der Waals surface area contributed by atoms with Gasteiger partial charge in [0.15, 0.2) is 0 Å². The molecule has 94 valence electrons. The topological polar surface area (TPSA) is 35.6 Å². The maximum absolute atomic E-state index is 12.0. The number of nitrogens with zero attached hydrogens (tertiary/aromatic N) is 2. The van der Waals surface area contributed by atoms with Crippen molar-refractivity contribution < 1.29 is 4.79 Å². The maximum Gasteiger partial charge on any atom is 0.317 e. The first-order valence-electron chi connectivity index (χ1n) is 6.23. The van der Waals surface area contributed by atoms with E-state index in [0.717, 1.165) is 32.6 Å². The molecule has 2 aliphatic rings. The Labute approximate surface area is 103 Å². The Morgan fingerprint density at radius 1 is 1.35 bits per heavy atom. The van der Waals surface area contributed by atoms with Crippen LogP contribution in [0, 0.1) is 0 Å². The molecule has 1 aliphatic carbocycles. The summed E-state index contributed by atoms with van der Waals surface area (Å²) in [5.41, 5.74) is 1.32. The summed E-state index contributed by atoms with van der Waals surface area (Å²) in [6.07, 6.45) is 7.10. The van der Waals surface area contributed by atoms with Crippen LogP contribution in [0.5, 0.6) is 0 Å². The molecule has 2 amide bonds. The van der Waals surface area contributed by atoms with Crippen LogP contribution < -0.4 is 5.32 Å². The van der Waals surface area contributed by atoms with Crippen LogP contribution >= 0.6 is 0 Å². The van der Waals surface area contributed by atoms with E-state index >= 15 is 0 Å². The summed E-state index contributed by atoms with van der Waals surface area (Å²) in [5.74, 6) is 0. The molecule has 1 atom stereocenters. The summed E-state index contributed by atoms with van der Waals surface area (Å²) in [6.45, 7) is 5.68. The van der Waals surface area contributed by atoms with E-state index in [-0.39, 0.29) is 12.1 Å². The smallest absolute Gasteiger partial charge is 0.317 e. The average Bonchev–Trinajstić information content (AvgIpc) is 2.29. The molecular formula is C13H21N3O. The van der Waals surface area contributed by atoms with Gasteiger partial charge in [-0.2, -0.15) is 0 Å². The summed E-state index contributed by atoms with van der Waals surface area (Å²) in [4.78, 5) is 16.2. The fourth-order valence-electron chi connectivity index (χ4n) is 2.20. The molecular weight excluding hydrogens is 214 g/mol. The van der Waals surface area contributed by atoms with Crippen molar-refractivity contribution in [3.05, 3.63) is 23.8 Å². The molecule has 0 aromatic carbocycles. The Bertz CT molecular complexity index is 341. The molecule has 0 spiro atoms. The summed E-state index contributed by atoms with van der Waals surface area (Å²) in [5, 5.41) is 3.07. The molecule has 1 unspecified atom stereocenters. The number of amides is 2. The highest BCUT2D eigenvalue weighted by atomic mass is 16.2. The lowest BCUT2D eigenvalue weighted by molar-refractivity contribution is 0.153. The van der Waals surface area contributed by atoms with E-state index in [0.29, 0.717) is 0 Å². The lowest BCUT2D eigenvalue weighted by Gasteiger charge is -2.33. The van der Waals surface area contributed by atoms with Crippen molar-refractivity contribution in [3.8, 4) is 0 Å². The Hall–Kier alpha value is -1.29. The van der Waals surface area contributed by atoms with Crippen LogP contribution in [0.3, 0.4) is 0 Å². The number of urea groups is 1. The number of rotatable bonds is 1. The first-order chi connectivity index (χ1) is 8.15. The van der Waals surface area contributed by atoms with E-state index in [4.69, 9.17) is 0 Å². The maximum atomic E-state index is 12.0. The second-order valence-corrected chi connectivity index (χ2v) is 4.95. The molecule has 1 saturated heterocycles. The first kappa shape index (κ1) is 12.2. The zero-order valence-corrected chi connectivity index (χ0v) is 10.6. The van der Waals surface area contributed by atoms with Crippen molar-refractivity contribution in [3.63, 3.8) is 0 Å². The summed E-state index contributed by atoms with van der Waals surface area (Å²) in [7, 11) is 2.09. The number of carbonyl (C=O) groups excluding carboxylic acids is 1. The van der Waals surface area contributed by atoms with Crippen LogP contribution in [-0.2, 0) is 0 Å². The molecule has 0 radical (unpaired) electrons. The highest BCUT2D eigenvalue weighted by Gasteiger charge is 2.21. The number of carbonyl (C=O) groups is 1. The monoisotopic (exact) mass is 235 g/mol. The van der Waals surface area contributed by atoms with Gasteiger partial charge in [-0.3, -0.25) is 0 Å². The molecule has 4 nitrogen and oxygen atoms in total. The average molecular weight is 235 g/mol. The minimum Gasteiger partial charge on any atom is -0.331 e. The van der Waals surface area contributed by atoms with Crippen LogP contribution in [0.25, 0.3) is 0 Å². The SMILES string of the molecule is CC1=CC=CC(NC(=O)N2CCN(C)CC2)C1. The van der Waals surface area contributed by atoms with Gasteiger partial charge in [0.2, 0.25) is 0 Å². The zero-order valence-electron chi connectivity index (χ0n) is 10.6. The van der Waals surface area contributed by atoms with E-state index in [1.807, 2.05) is 11.0 Å². The second kappa shape index (κ2) is 5.36. The van der Waals surface area contributed by atoms with Crippen LogP contribution in [0.2, 0.25) is 0 Å². The van der Waals surface area contributed by atoms with E-state index in [1.165, 1.54) is 5.57 Å². The van der Waals surface area contributed by atoms with Gasteiger partial charge in [0.05, 0.1) is 6.04 Å². The van der Waals surface area contributed by atoms with Gasteiger partial charge < -0.3 is 15.1 Å². The highest BCUT2D eigenvalue weighted by molar-refractivity contribution is 5.75. The van der Waals surface area contributed by atoms with Gasteiger partial charge in [-0.05, 0) is 20.4 Å². The molecule has 17 heavy (non-hydrogen) atoms. The molecule has 1 heterocycles. The lowest BCUT2D eigenvalue weighted by atomic mass is 10.0. The van der Waals surface area contributed by atoms with E-state index in [9.17, 15) is 4.79 Å². The quantitative estimate of drug-likeness (QED) is 0.741. The largest absolute Gasteiger partial charge is 0.331 e. The number of hydrogen-bond acceptors (Lipinski definition) is 2. The predicted octanol–water partition coefficient (Wildman–Crippen LogP) is 1.22. The van der Waals surface area contributed by atoms with Gasteiger partial charge in [0, 0.05) is 26.2 Å². The minimum atomic E-state index is 0.0717. The van der Waals surface area contributed by atoms with Crippen LogP contribution in [0.15, 0.2) is 23.8 Å². The molecule has 4 heteroatoms. The molecule has 0 aromatic heterocycles. The van der Waals surface area contributed by atoms with Gasteiger partial charge in [-0.15, -0.1) is 0 Å². The molecule has 1 aliphatic heterocycles. The Morgan fingerprint density at radius 3 is 2.71 bits per heavy atom. The third kappa shape index (κ3) is 3.33. The van der Waals surface area contributed by atoms with E-state index < -0.39 is 0 Å². The van der Waals surface area contributed by atoms with E-state index in [2.05, 4.69) is 36.3 Å². The van der Waals surface area contributed by atoms with Gasteiger partial charge in [-0.25, -0.2) is 4.79 Å². The van der Waals surface area contributed by atoms with Gasteiger partial charge >= 0.3 is 6.03 Å². The number of piperazine rings is 1. The van der Waals surface area contributed by atoms with Gasteiger partial charge in [-0.1, -0.05) is 23.8 Å². The fourth-order valence-corrected chi connectivity index (χ4v) is 2.20. The van der Waals surface area contributed by atoms with Crippen molar-refractivity contribution >= 4 is 6.03 Å². The lowest BCUT2D eigenvalue weighted by Crippen LogP contribution is -2.52. The Kier molecular flexibility index (Phi) is 3.84. The summed E-state index contributed by atoms with van der Waals surface area (Å²) < 4.78 is 0. The molecule has 0 bridgehead atoms. The van der Waals surface area contributed by atoms with Crippen LogP contribution in [0.4, 0.5) is 4.79 Å². The molecule has 1 fully saturated rings. The molecule has 0 saturated carbocycles. The van der Waals surface area contributed by atoms with Crippen LogP contribution in [-0.4, -0.2) is 55.1 Å². The number of allylic oxidation sites excluding steroid dienone is 2. The molecule has 0 aromatic rings. The predicted molar refractivity (Wildman–Crippen MR) is 68.9 cm³/mol. The summed E-state index contributed by atoms with van der Waals surface area (Å²) >= 11 is 0. The standard InChI is InChI=1S/C13H21N3O/c1-11-4-3-5-12(10-11)14-13(17)16-8-6-15(2)7-9-16/h3-5,12H,6-10H2,1-2H3,(H,14,17). The minimum absolute atomic E-state index is 0.0717. The van der Waals surface area contributed by atoms with Crippen molar-refractivity contribution in [1.82, 2.24) is 15.1 Å². The Morgan fingerprint density at radius 2 is 2.06 bits per heavy atom. The fraction of sp³-hybridized carbons (Fsp3) is 0.615. The third-order valence-corrected chi connectivity index (χ3v) is 3.37. The van der Waals surface area contributed by atoms with Crippen molar-refractivity contribution in [2.75, 3.05) is 33.2 Å². The van der Waals surface area contributed by atoms with Crippen molar-refractivity contribution in [1.29, 1.82) is 0 Å². The normalized spacial score (nSPS) is 25.6. The molecule has 2 rings (SSSR count). The van der Waals surface area contributed by atoms with Gasteiger partial charge in [0.1, 0.15) is 0 Å². The number of likely N-dealkylation sites (N-methyl/N-ethyl adjacent to an activating group) is 1. The highest BCUT2D eigenvalue weighted by Crippen LogP contribution is 2.12. The van der Waals surface area contributed by atoms with Crippen LogP contribution in [0.1, 0.15) is 13.3 Å². The number of nitrogens with one attached hydrogen (secondary N) is 1. The second-order valence-electron chi connectivity index (χ2n) is 4.95. The third-order valence-electron chi connectivity index (χ3n) is 3.37.